The van der Waals surface area contributed by atoms with Crippen LogP contribution in [0, 0.1) is 12.7 Å². The maximum absolute atomic E-state index is 13.3. The van der Waals surface area contributed by atoms with Crippen molar-refractivity contribution < 1.29 is 4.39 Å². The summed E-state index contributed by atoms with van der Waals surface area (Å²) in [5, 5.41) is 0. The first-order chi connectivity index (χ1) is 9.06. The lowest BCUT2D eigenvalue weighted by Crippen LogP contribution is -2.01. The number of hydrogen-bond acceptors (Lipinski definition) is 3. The number of nitrogens with zero attached hydrogens (tertiary/aromatic N) is 3. The lowest BCUT2D eigenvalue weighted by atomic mass is 10.3. The zero-order valence-corrected chi connectivity index (χ0v) is 11.6. The van der Waals surface area contributed by atoms with E-state index in [1.54, 1.807) is 22.9 Å². The van der Waals surface area contributed by atoms with Gasteiger partial charge < -0.3 is 5.73 Å². The molecule has 0 aliphatic rings. The van der Waals surface area contributed by atoms with Gasteiger partial charge in [-0.15, -0.1) is 0 Å². The number of fused-ring (bicyclic) bond motifs is 1. The van der Waals surface area contributed by atoms with E-state index in [4.69, 9.17) is 5.73 Å². The largest absolute Gasteiger partial charge is 0.369 e. The van der Waals surface area contributed by atoms with Gasteiger partial charge >= 0.3 is 0 Å². The third-order valence-corrected chi connectivity index (χ3v) is 3.43. The predicted octanol–water partition coefficient (Wildman–Crippen LogP) is 3.21. The molecular weight excluding hydrogens is 311 g/mol. The lowest BCUT2D eigenvalue weighted by Gasteiger charge is -2.06. The van der Waals surface area contributed by atoms with Gasteiger partial charge in [0.2, 0.25) is 5.95 Å². The fraction of sp³-hybridized carbons (Fsp3) is 0.0769. The molecule has 0 saturated heterocycles. The van der Waals surface area contributed by atoms with Gasteiger partial charge in [-0.05, 0) is 52.7 Å². The average molecular weight is 321 g/mol. The highest BCUT2D eigenvalue weighted by molar-refractivity contribution is 9.10. The molecule has 0 saturated carbocycles. The van der Waals surface area contributed by atoms with Gasteiger partial charge in [0.05, 0.1) is 10.2 Å². The Labute approximate surface area is 117 Å². The number of pyridine rings is 1. The van der Waals surface area contributed by atoms with E-state index in [1.807, 2.05) is 13.0 Å². The maximum atomic E-state index is 13.3. The molecule has 0 fully saturated rings. The maximum Gasteiger partial charge on any atom is 0.207 e. The van der Waals surface area contributed by atoms with E-state index in [0.717, 1.165) is 11.1 Å². The van der Waals surface area contributed by atoms with Crippen LogP contribution in [0.1, 0.15) is 5.56 Å². The van der Waals surface area contributed by atoms with Crippen LogP contribution in [-0.2, 0) is 0 Å². The van der Waals surface area contributed by atoms with Gasteiger partial charge in [0, 0.05) is 6.20 Å². The molecular formula is C13H10BrFN4. The zero-order valence-electron chi connectivity index (χ0n) is 10.1. The fourth-order valence-corrected chi connectivity index (χ4v) is 2.33. The molecule has 1 aromatic carbocycles. The molecule has 0 bridgehead atoms. The number of aromatic nitrogens is 3. The number of anilines is 1. The van der Waals surface area contributed by atoms with Crippen molar-refractivity contribution in [2.75, 3.05) is 5.73 Å². The van der Waals surface area contributed by atoms with Crippen LogP contribution < -0.4 is 5.73 Å². The minimum atomic E-state index is -0.324. The number of imidazole rings is 1. The summed E-state index contributed by atoms with van der Waals surface area (Å²) in [5.41, 5.74) is 9.03. The fourth-order valence-electron chi connectivity index (χ4n) is 1.96. The first-order valence-electron chi connectivity index (χ1n) is 5.62. The van der Waals surface area contributed by atoms with E-state index in [-0.39, 0.29) is 5.82 Å². The van der Waals surface area contributed by atoms with Crippen LogP contribution in [0.25, 0.3) is 16.9 Å². The molecule has 4 nitrogen and oxygen atoms in total. The molecule has 3 aromatic rings. The Morgan fingerprint density at radius 1 is 1.32 bits per heavy atom. The van der Waals surface area contributed by atoms with E-state index >= 15 is 0 Å². The van der Waals surface area contributed by atoms with Gasteiger partial charge in [0.1, 0.15) is 11.3 Å². The standard InChI is InChI=1S/C13H10BrFN4/c1-7-4-11-12(17-6-7)19(13(16)18-11)8-2-3-10(15)9(14)5-8/h2-6H,1H3,(H2,16,18). The smallest absolute Gasteiger partial charge is 0.207 e. The van der Waals surface area contributed by atoms with Gasteiger partial charge in [-0.2, -0.15) is 0 Å². The molecule has 0 spiro atoms. The number of halogens is 2. The molecule has 3 rings (SSSR count). The normalized spacial score (nSPS) is 11.1. The van der Waals surface area contributed by atoms with Gasteiger partial charge in [0.15, 0.2) is 5.65 Å². The summed E-state index contributed by atoms with van der Waals surface area (Å²) >= 11 is 3.16. The van der Waals surface area contributed by atoms with Crippen LogP contribution in [0.4, 0.5) is 10.3 Å². The lowest BCUT2D eigenvalue weighted by molar-refractivity contribution is 0.620. The van der Waals surface area contributed by atoms with Crippen molar-refractivity contribution in [3.8, 4) is 5.69 Å². The summed E-state index contributed by atoms with van der Waals surface area (Å²) in [6.45, 7) is 1.94. The van der Waals surface area contributed by atoms with E-state index < -0.39 is 0 Å². The topological polar surface area (TPSA) is 56.7 Å². The van der Waals surface area contributed by atoms with Gasteiger partial charge in [0.25, 0.3) is 0 Å². The molecule has 0 atom stereocenters. The highest BCUT2D eigenvalue weighted by atomic mass is 79.9. The number of rotatable bonds is 1. The highest BCUT2D eigenvalue weighted by Crippen LogP contribution is 2.25. The van der Waals surface area contributed by atoms with Crippen LogP contribution in [0.3, 0.4) is 0 Å². The van der Waals surface area contributed by atoms with Crippen molar-refractivity contribution >= 4 is 33.0 Å². The van der Waals surface area contributed by atoms with Gasteiger partial charge in [-0.1, -0.05) is 0 Å². The van der Waals surface area contributed by atoms with Crippen molar-refractivity contribution in [1.82, 2.24) is 14.5 Å². The minimum Gasteiger partial charge on any atom is -0.369 e. The summed E-state index contributed by atoms with van der Waals surface area (Å²) in [6.07, 6.45) is 1.75. The Bertz CT molecular complexity index is 782. The second-order valence-electron chi connectivity index (χ2n) is 4.26. The third kappa shape index (κ3) is 1.98. The average Bonchev–Trinajstić information content (AvgIpc) is 2.68. The summed E-state index contributed by atoms with van der Waals surface area (Å²) < 4.78 is 15.4. The molecule has 0 radical (unpaired) electrons. The Kier molecular flexibility index (Phi) is 2.74. The zero-order chi connectivity index (χ0) is 13.6. The Hall–Kier alpha value is -1.95. The van der Waals surface area contributed by atoms with Gasteiger partial charge in [-0.25, -0.2) is 14.4 Å². The second-order valence-corrected chi connectivity index (χ2v) is 5.11. The predicted molar refractivity (Wildman–Crippen MR) is 75.7 cm³/mol. The molecule has 96 valence electrons. The molecule has 0 unspecified atom stereocenters. The second kappa shape index (κ2) is 4.31. The molecule has 6 heteroatoms. The molecule has 0 aliphatic carbocycles. The molecule has 2 N–H and O–H groups in total. The quantitative estimate of drug-likeness (QED) is 0.749. The Morgan fingerprint density at radius 2 is 2.11 bits per heavy atom. The number of aryl methyl sites for hydroxylation is 1. The van der Waals surface area contributed by atoms with Crippen LogP contribution in [0.2, 0.25) is 0 Å². The van der Waals surface area contributed by atoms with E-state index in [0.29, 0.717) is 21.8 Å². The molecule has 0 amide bonds. The third-order valence-electron chi connectivity index (χ3n) is 2.82. The summed E-state index contributed by atoms with van der Waals surface area (Å²) in [5.74, 6) is 0.00199. The van der Waals surface area contributed by atoms with Crippen LogP contribution >= 0.6 is 15.9 Å². The van der Waals surface area contributed by atoms with E-state index in [2.05, 4.69) is 25.9 Å². The van der Waals surface area contributed by atoms with Crippen LogP contribution in [0.5, 0.6) is 0 Å². The monoisotopic (exact) mass is 320 g/mol. The first-order valence-corrected chi connectivity index (χ1v) is 6.41. The van der Waals surface area contributed by atoms with Crippen molar-refractivity contribution in [3.63, 3.8) is 0 Å². The Morgan fingerprint density at radius 3 is 2.84 bits per heavy atom. The number of nitrogen functional groups attached to an aromatic ring is 1. The number of hydrogen-bond donors (Lipinski definition) is 1. The molecule has 2 heterocycles. The van der Waals surface area contributed by atoms with Crippen molar-refractivity contribution in [2.45, 2.75) is 6.92 Å². The minimum absolute atomic E-state index is 0.324. The van der Waals surface area contributed by atoms with Crippen LogP contribution in [0.15, 0.2) is 34.9 Å². The summed E-state index contributed by atoms with van der Waals surface area (Å²) in [4.78, 5) is 8.61. The number of benzene rings is 1. The van der Waals surface area contributed by atoms with Crippen LogP contribution in [-0.4, -0.2) is 14.5 Å². The molecule has 0 aliphatic heterocycles. The van der Waals surface area contributed by atoms with Crippen molar-refractivity contribution in [3.05, 3.63) is 46.3 Å². The van der Waals surface area contributed by atoms with E-state index in [1.165, 1.54) is 6.07 Å². The summed E-state index contributed by atoms with van der Waals surface area (Å²) in [6, 6.07) is 6.57. The Balaban J connectivity index is 2.29. The van der Waals surface area contributed by atoms with E-state index in [9.17, 15) is 4.39 Å². The SMILES string of the molecule is Cc1cnc2c(c1)nc(N)n2-c1ccc(F)c(Br)c1. The van der Waals surface area contributed by atoms with Crippen molar-refractivity contribution in [2.24, 2.45) is 0 Å². The van der Waals surface area contributed by atoms with Gasteiger partial charge in [-0.3, -0.25) is 4.57 Å². The summed E-state index contributed by atoms with van der Waals surface area (Å²) in [7, 11) is 0. The number of nitrogens with two attached hydrogens (primary N) is 1. The first kappa shape index (κ1) is 12.1. The molecule has 19 heavy (non-hydrogen) atoms. The molecule has 2 aromatic heterocycles. The highest BCUT2D eigenvalue weighted by Gasteiger charge is 2.12. The van der Waals surface area contributed by atoms with Crippen molar-refractivity contribution in [1.29, 1.82) is 0 Å².